The van der Waals surface area contributed by atoms with Gasteiger partial charge >= 0.3 is 0 Å². The van der Waals surface area contributed by atoms with Crippen LogP contribution in [0.25, 0.3) is 0 Å². The number of halogens is 2. The van der Waals surface area contributed by atoms with Gasteiger partial charge in [-0.15, -0.1) is 0 Å². The van der Waals surface area contributed by atoms with Gasteiger partial charge in [-0.1, -0.05) is 25.4 Å². The summed E-state index contributed by atoms with van der Waals surface area (Å²) in [4.78, 5) is 18.7. The van der Waals surface area contributed by atoms with Crippen LogP contribution in [0.15, 0.2) is 16.7 Å². The number of carbonyl (C=O) groups excluding carboxylic acids is 1. The predicted octanol–water partition coefficient (Wildman–Crippen LogP) is 4.12. The zero-order valence-electron chi connectivity index (χ0n) is 12.7. The molecular formula is C15H20BrClN2O2. The van der Waals surface area contributed by atoms with Crippen LogP contribution in [0.1, 0.15) is 44.5 Å². The van der Waals surface area contributed by atoms with Crippen molar-refractivity contribution >= 4 is 33.4 Å². The molecule has 116 valence electrons. The van der Waals surface area contributed by atoms with Gasteiger partial charge in [0.1, 0.15) is 10.9 Å². The van der Waals surface area contributed by atoms with E-state index in [1.807, 2.05) is 18.7 Å². The highest BCUT2D eigenvalue weighted by molar-refractivity contribution is 9.10. The first-order valence-electron chi connectivity index (χ1n) is 7.01. The minimum atomic E-state index is -0.608. The number of rotatable bonds is 3. The number of hydrogen-bond donors (Lipinski definition) is 0. The van der Waals surface area contributed by atoms with Crippen LogP contribution in [0, 0.1) is 5.92 Å². The number of carbonyl (C=O) groups is 1. The molecule has 2 heterocycles. The van der Waals surface area contributed by atoms with Crippen molar-refractivity contribution in [3.8, 4) is 0 Å². The highest BCUT2D eigenvalue weighted by Crippen LogP contribution is 2.32. The minimum absolute atomic E-state index is 0.0759. The molecule has 1 fully saturated rings. The van der Waals surface area contributed by atoms with Crippen LogP contribution in [0.3, 0.4) is 0 Å². The van der Waals surface area contributed by atoms with E-state index < -0.39 is 5.72 Å². The van der Waals surface area contributed by atoms with E-state index in [2.05, 4.69) is 34.8 Å². The summed E-state index contributed by atoms with van der Waals surface area (Å²) in [6.45, 7) is 8.70. The number of aromatic nitrogens is 1. The van der Waals surface area contributed by atoms with E-state index in [9.17, 15) is 4.79 Å². The second-order valence-electron chi connectivity index (χ2n) is 6.21. The third kappa shape index (κ3) is 3.58. The summed E-state index contributed by atoms with van der Waals surface area (Å²) in [5.41, 5.74) is -0.0958. The Morgan fingerprint density at radius 1 is 1.62 bits per heavy atom. The van der Waals surface area contributed by atoms with E-state index >= 15 is 0 Å². The molecule has 0 radical (unpaired) electrons. The summed E-state index contributed by atoms with van der Waals surface area (Å²) in [5.74, 6) is 0.422. The van der Waals surface area contributed by atoms with Gasteiger partial charge < -0.3 is 9.64 Å². The highest BCUT2D eigenvalue weighted by Gasteiger charge is 2.44. The van der Waals surface area contributed by atoms with Gasteiger partial charge in [-0.2, -0.15) is 0 Å². The Kier molecular flexibility index (Phi) is 4.96. The van der Waals surface area contributed by atoms with E-state index in [1.165, 1.54) is 6.20 Å². The maximum absolute atomic E-state index is 12.9. The maximum Gasteiger partial charge on any atom is 0.258 e. The molecule has 0 saturated carbocycles. The fourth-order valence-corrected chi connectivity index (χ4v) is 3.14. The standard InChI is InChI=1S/C15H20BrClN2O2/c1-9(2)5-11-8-21-15(3,4)19(11)14(20)10-6-12(16)13(17)18-7-10/h6-7,9,11H,5,8H2,1-4H3. The monoisotopic (exact) mass is 374 g/mol. The normalized spacial score (nSPS) is 21.1. The van der Waals surface area contributed by atoms with Crippen molar-refractivity contribution < 1.29 is 9.53 Å². The fourth-order valence-electron chi connectivity index (χ4n) is 2.69. The number of nitrogens with zero attached hydrogens (tertiary/aromatic N) is 2. The number of hydrogen-bond acceptors (Lipinski definition) is 3. The summed E-state index contributed by atoms with van der Waals surface area (Å²) in [7, 11) is 0. The molecule has 1 aliphatic heterocycles. The van der Waals surface area contributed by atoms with Crippen molar-refractivity contribution in [2.24, 2.45) is 5.92 Å². The summed E-state index contributed by atoms with van der Waals surface area (Å²) < 4.78 is 6.43. The van der Waals surface area contributed by atoms with Crippen LogP contribution in [0.4, 0.5) is 0 Å². The van der Waals surface area contributed by atoms with Gasteiger partial charge in [0, 0.05) is 6.20 Å². The van der Waals surface area contributed by atoms with Gasteiger partial charge in [-0.05, 0) is 48.2 Å². The first-order valence-corrected chi connectivity index (χ1v) is 8.18. The van der Waals surface area contributed by atoms with Crippen molar-refractivity contribution in [1.82, 2.24) is 9.88 Å². The van der Waals surface area contributed by atoms with Crippen molar-refractivity contribution in [2.75, 3.05) is 6.61 Å². The third-order valence-electron chi connectivity index (χ3n) is 3.58. The third-order valence-corrected chi connectivity index (χ3v) is 4.71. The van der Waals surface area contributed by atoms with Crippen LogP contribution in [0.5, 0.6) is 0 Å². The minimum Gasteiger partial charge on any atom is -0.354 e. The summed E-state index contributed by atoms with van der Waals surface area (Å²) in [5, 5.41) is 0.349. The molecule has 1 aliphatic rings. The molecule has 0 spiro atoms. The molecule has 1 saturated heterocycles. The lowest BCUT2D eigenvalue weighted by atomic mass is 10.0. The average Bonchev–Trinajstić information content (AvgIpc) is 2.66. The van der Waals surface area contributed by atoms with Crippen LogP contribution >= 0.6 is 27.5 Å². The Labute approximate surface area is 139 Å². The first kappa shape index (κ1) is 16.7. The molecule has 1 atom stereocenters. The lowest BCUT2D eigenvalue weighted by molar-refractivity contribution is -0.0406. The second-order valence-corrected chi connectivity index (χ2v) is 7.43. The van der Waals surface area contributed by atoms with Gasteiger partial charge in [-0.25, -0.2) is 4.98 Å². The van der Waals surface area contributed by atoms with E-state index in [4.69, 9.17) is 16.3 Å². The molecule has 0 N–H and O–H groups in total. The Hall–Kier alpha value is -0.650. The molecule has 0 bridgehead atoms. The van der Waals surface area contributed by atoms with Crippen molar-refractivity contribution in [3.63, 3.8) is 0 Å². The Morgan fingerprint density at radius 2 is 2.29 bits per heavy atom. The number of amides is 1. The summed E-state index contributed by atoms with van der Waals surface area (Å²) in [6, 6.07) is 1.79. The number of ether oxygens (including phenoxy) is 1. The lowest BCUT2D eigenvalue weighted by Crippen LogP contribution is -2.48. The topological polar surface area (TPSA) is 42.4 Å². The molecule has 0 aromatic carbocycles. The molecule has 4 nitrogen and oxygen atoms in total. The van der Waals surface area contributed by atoms with E-state index in [1.54, 1.807) is 6.07 Å². The van der Waals surface area contributed by atoms with Crippen LogP contribution in [-0.4, -0.2) is 34.2 Å². The molecule has 1 aromatic heterocycles. The van der Waals surface area contributed by atoms with Crippen LogP contribution < -0.4 is 0 Å². The molecular weight excluding hydrogens is 356 g/mol. The summed E-state index contributed by atoms with van der Waals surface area (Å²) >= 11 is 9.20. The summed E-state index contributed by atoms with van der Waals surface area (Å²) in [6.07, 6.45) is 2.42. The Bertz CT molecular complexity index is 548. The molecule has 2 rings (SSSR count). The van der Waals surface area contributed by atoms with Crippen LogP contribution in [0.2, 0.25) is 5.15 Å². The highest BCUT2D eigenvalue weighted by atomic mass is 79.9. The van der Waals surface area contributed by atoms with Crippen molar-refractivity contribution in [1.29, 1.82) is 0 Å². The maximum atomic E-state index is 12.9. The molecule has 21 heavy (non-hydrogen) atoms. The van der Waals surface area contributed by atoms with E-state index in [0.717, 1.165) is 6.42 Å². The van der Waals surface area contributed by atoms with Gasteiger partial charge in [-0.3, -0.25) is 4.79 Å². The molecule has 1 amide bonds. The second kappa shape index (κ2) is 6.23. The Balaban J connectivity index is 2.31. The first-order chi connectivity index (χ1) is 9.72. The fraction of sp³-hybridized carbons (Fsp3) is 0.600. The zero-order valence-corrected chi connectivity index (χ0v) is 15.0. The van der Waals surface area contributed by atoms with Gasteiger partial charge in [0.15, 0.2) is 0 Å². The zero-order chi connectivity index (χ0) is 15.8. The van der Waals surface area contributed by atoms with Gasteiger partial charge in [0.25, 0.3) is 5.91 Å². The smallest absolute Gasteiger partial charge is 0.258 e. The lowest BCUT2D eigenvalue weighted by Gasteiger charge is -2.34. The van der Waals surface area contributed by atoms with E-state index in [0.29, 0.717) is 27.7 Å². The van der Waals surface area contributed by atoms with E-state index in [-0.39, 0.29) is 11.9 Å². The molecule has 1 unspecified atom stereocenters. The van der Waals surface area contributed by atoms with Gasteiger partial charge in [0.2, 0.25) is 0 Å². The predicted molar refractivity (Wildman–Crippen MR) is 86.4 cm³/mol. The quantitative estimate of drug-likeness (QED) is 0.746. The largest absolute Gasteiger partial charge is 0.354 e. The van der Waals surface area contributed by atoms with Crippen molar-refractivity contribution in [3.05, 3.63) is 27.5 Å². The average molecular weight is 376 g/mol. The van der Waals surface area contributed by atoms with Crippen LogP contribution in [-0.2, 0) is 4.74 Å². The Morgan fingerprint density at radius 3 is 2.86 bits per heavy atom. The van der Waals surface area contributed by atoms with Crippen molar-refractivity contribution in [2.45, 2.75) is 45.9 Å². The molecule has 1 aromatic rings. The molecule has 6 heteroatoms. The SMILES string of the molecule is CC(C)CC1COC(C)(C)N1C(=O)c1cnc(Cl)c(Br)c1. The van der Waals surface area contributed by atoms with Gasteiger partial charge in [0.05, 0.1) is 22.7 Å². The molecule has 0 aliphatic carbocycles. The number of pyridine rings is 1.